The summed E-state index contributed by atoms with van der Waals surface area (Å²) in [4.78, 5) is 24.2. The van der Waals surface area contributed by atoms with E-state index < -0.39 is 23.8 Å². The molecule has 4 aromatic rings. The van der Waals surface area contributed by atoms with Gasteiger partial charge in [0, 0.05) is 29.5 Å². The number of nitrogens with one attached hydrogen (secondary N) is 3. The topological polar surface area (TPSA) is 100 Å². The molecule has 8 nitrogen and oxygen atoms in total. The highest BCUT2D eigenvalue weighted by Gasteiger charge is 2.38. The van der Waals surface area contributed by atoms with Crippen molar-refractivity contribution in [1.29, 1.82) is 0 Å². The first kappa shape index (κ1) is 22.1. The van der Waals surface area contributed by atoms with Gasteiger partial charge >= 0.3 is 6.18 Å². The third-order valence-corrected chi connectivity index (χ3v) is 6.16. The lowest BCUT2D eigenvalue weighted by atomic mass is 9.82. The van der Waals surface area contributed by atoms with Crippen LogP contribution in [0.15, 0.2) is 36.9 Å². The number of H-pyrrole nitrogens is 1. The van der Waals surface area contributed by atoms with Crippen molar-refractivity contribution >= 4 is 28.4 Å². The minimum atomic E-state index is -4.55. The number of pyridine rings is 1. The van der Waals surface area contributed by atoms with Gasteiger partial charge in [0.15, 0.2) is 0 Å². The van der Waals surface area contributed by atoms with Crippen LogP contribution in [0.3, 0.4) is 0 Å². The van der Waals surface area contributed by atoms with Crippen molar-refractivity contribution < 1.29 is 22.4 Å². The Morgan fingerprint density at radius 2 is 2.12 bits per heavy atom. The quantitative estimate of drug-likeness (QED) is 0.362. The fourth-order valence-electron chi connectivity index (χ4n) is 3.89. The van der Waals surface area contributed by atoms with Crippen LogP contribution in [0, 0.1) is 0 Å². The molecule has 0 bridgehead atoms. The van der Waals surface area contributed by atoms with Crippen molar-refractivity contribution in [3.63, 3.8) is 0 Å². The molecule has 0 aromatic carbocycles. The summed E-state index contributed by atoms with van der Waals surface area (Å²) in [7, 11) is 0. The van der Waals surface area contributed by atoms with Gasteiger partial charge in [-0.2, -0.15) is 23.3 Å². The third-order valence-electron chi connectivity index (χ3n) is 6.16. The smallest absolute Gasteiger partial charge is 0.351 e. The van der Waals surface area contributed by atoms with E-state index in [1.807, 2.05) is 5.32 Å². The third kappa shape index (κ3) is 4.03. The van der Waals surface area contributed by atoms with Gasteiger partial charge in [0.1, 0.15) is 17.4 Å². The highest BCUT2D eigenvalue weighted by atomic mass is 19.4. The average Bonchev–Trinajstić information content (AvgIpc) is 3.39. The lowest BCUT2D eigenvalue weighted by molar-refractivity contribution is -0.149. The molecule has 1 saturated carbocycles. The number of aromatic nitrogens is 5. The molecule has 0 radical (unpaired) electrons. The number of amides is 1. The average molecular weight is 475 g/mol. The number of hydrogen-bond donors (Lipinski definition) is 3. The Kier molecular flexibility index (Phi) is 5.18. The van der Waals surface area contributed by atoms with Crippen LogP contribution in [0.1, 0.15) is 36.5 Å². The molecule has 1 atom stereocenters. The minimum absolute atomic E-state index is 0.0247. The lowest BCUT2D eigenvalue weighted by Gasteiger charge is -2.33. The molecule has 34 heavy (non-hydrogen) atoms. The summed E-state index contributed by atoms with van der Waals surface area (Å²) in [6.07, 6.45) is 3.56. The molecule has 1 amide bonds. The van der Waals surface area contributed by atoms with Gasteiger partial charge in [-0.1, -0.05) is 0 Å². The van der Waals surface area contributed by atoms with Crippen molar-refractivity contribution in [2.45, 2.75) is 44.1 Å². The Morgan fingerprint density at radius 3 is 2.82 bits per heavy atom. The Morgan fingerprint density at radius 1 is 1.32 bits per heavy atom. The standard InChI is InChI=1S/C22H21F4N7O/c1-12(22(24,25)26)31-19(34)16-10-30-33-6-3-13(7-17(16)33)14-8-27-18-15(14)9-28-20(32-18)29-11-21(23)4-2-5-21/h3,6-10,12H,2,4-5,11H2,1H3,(H,31,34)(H2,27,28,29,32)/t12-/m1/s1. The number of nitrogens with zero attached hydrogens (tertiary/aromatic N) is 4. The zero-order chi connectivity index (χ0) is 24.1. The maximum absolute atomic E-state index is 14.2. The summed E-state index contributed by atoms with van der Waals surface area (Å²) in [5.41, 5.74) is 1.14. The molecule has 5 rings (SSSR count). The number of fused-ring (bicyclic) bond motifs is 2. The molecule has 0 aliphatic heterocycles. The number of rotatable bonds is 6. The Hall–Kier alpha value is -3.70. The molecular formula is C22H21F4N7O. The molecule has 1 fully saturated rings. The Balaban J connectivity index is 1.42. The highest BCUT2D eigenvalue weighted by Crippen LogP contribution is 2.36. The monoisotopic (exact) mass is 475 g/mol. The molecule has 0 spiro atoms. The van der Waals surface area contributed by atoms with E-state index in [1.165, 1.54) is 10.7 Å². The molecule has 178 valence electrons. The Labute approximate surface area is 190 Å². The van der Waals surface area contributed by atoms with Gasteiger partial charge in [-0.25, -0.2) is 13.9 Å². The van der Waals surface area contributed by atoms with Crippen LogP contribution >= 0.6 is 0 Å². The summed E-state index contributed by atoms with van der Waals surface area (Å²) in [6, 6.07) is 1.43. The fraction of sp³-hybridized carbons (Fsp3) is 0.364. The van der Waals surface area contributed by atoms with E-state index in [1.54, 1.807) is 30.7 Å². The van der Waals surface area contributed by atoms with E-state index in [2.05, 4.69) is 25.4 Å². The van der Waals surface area contributed by atoms with Crippen molar-refractivity contribution in [3.05, 3.63) is 42.5 Å². The molecule has 4 aromatic heterocycles. The summed E-state index contributed by atoms with van der Waals surface area (Å²) < 4.78 is 54.2. The zero-order valence-electron chi connectivity index (χ0n) is 18.1. The van der Waals surface area contributed by atoms with Gasteiger partial charge in [-0.15, -0.1) is 0 Å². The predicted octanol–water partition coefficient (Wildman–Crippen LogP) is 4.26. The van der Waals surface area contributed by atoms with Crippen LogP contribution in [0.5, 0.6) is 0 Å². The first-order valence-corrected chi connectivity index (χ1v) is 10.8. The van der Waals surface area contributed by atoms with E-state index in [0.717, 1.165) is 18.9 Å². The maximum atomic E-state index is 14.2. The molecule has 1 aliphatic carbocycles. The van der Waals surface area contributed by atoms with E-state index in [9.17, 15) is 22.4 Å². The van der Waals surface area contributed by atoms with Gasteiger partial charge in [-0.3, -0.25) is 4.79 Å². The zero-order valence-corrected chi connectivity index (χ0v) is 18.1. The Bertz CT molecular complexity index is 1370. The lowest BCUT2D eigenvalue weighted by Crippen LogP contribution is -2.43. The SMILES string of the molecule is C[C@@H](NC(=O)c1cnn2ccc(-c3c[nH]c4nc(NCC5(F)CCC5)ncc34)cc12)C(F)(F)F. The van der Waals surface area contributed by atoms with Gasteiger partial charge in [-0.05, 0) is 43.9 Å². The van der Waals surface area contributed by atoms with Crippen molar-refractivity contribution in [1.82, 2.24) is 29.9 Å². The number of halogens is 4. The minimum Gasteiger partial charge on any atom is -0.351 e. The van der Waals surface area contributed by atoms with Crippen LogP contribution in [-0.4, -0.2) is 54.9 Å². The summed E-state index contributed by atoms with van der Waals surface area (Å²) >= 11 is 0. The first-order valence-electron chi connectivity index (χ1n) is 10.8. The van der Waals surface area contributed by atoms with Crippen molar-refractivity contribution in [3.8, 4) is 11.1 Å². The maximum Gasteiger partial charge on any atom is 0.408 e. The van der Waals surface area contributed by atoms with Gasteiger partial charge < -0.3 is 15.6 Å². The number of carbonyl (C=O) groups excluding carboxylic acids is 1. The fourth-order valence-corrected chi connectivity index (χ4v) is 3.89. The highest BCUT2D eigenvalue weighted by molar-refractivity contribution is 6.02. The number of hydrogen-bond acceptors (Lipinski definition) is 5. The number of anilines is 1. The van der Waals surface area contributed by atoms with Gasteiger partial charge in [0.2, 0.25) is 5.95 Å². The molecule has 12 heteroatoms. The van der Waals surface area contributed by atoms with Crippen molar-refractivity contribution in [2.24, 2.45) is 0 Å². The predicted molar refractivity (Wildman–Crippen MR) is 117 cm³/mol. The summed E-state index contributed by atoms with van der Waals surface area (Å²) in [5.74, 6) is -0.555. The van der Waals surface area contributed by atoms with E-state index in [0.29, 0.717) is 40.9 Å². The van der Waals surface area contributed by atoms with Crippen LogP contribution in [0.4, 0.5) is 23.5 Å². The molecule has 3 N–H and O–H groups in total. The molecule has 4 heterocycles. The van der Waals surface area contributed by atoms with Gasteiger partial charge in [0.25, 0.3) is 5.91 Å². The van der Waals surface area contributed by atoms with Crippen LogP contribution in [0.2, 0.25) is 0 Å². The molecule has 1 aliphatic rings. The second-order valence-electron chi connectivity index (χ2n) is 8.56. The van der Waals surface area contributed by atoms with Crippen LogP contribution in [-0.2, 0) is 0 Å². The molecule has 0 unspecified atom stereocenters. The number of aromatic amines is 1. The largest absolute Gasteiger partial charge is 0.408 e. The normalized spacial score (nSPS) is 16.4. The van der Waals surface area contributed by atoms with Crippen LogP contribution in [0.25, 0.3) is 27.7 Å². The van der Waals surface area contributed by atoms with E-state index >= 15 is 0 Å². The van der Waals surface area contributed by atoms with Crippen molar-refractivity contribution in [2.75, 3.05) is 11.9 Å². The molecule has 0 saturated heterocycles. The summed E-state index contributed by atoms with van der Waals surface area (Å²) in [6.45, 7) is 1.03. The molecular weight excluding hydrogens is 454 g/mol. The number of alkyl halides is 4. The van der Waals surface area contributed by atoms with E-state index in [4.69, 9.17) is 0 Å². The summed E-state index contributed by atoms with van der Waals surface area (Å²) in [5, 5.41) is 9.66. The van der Waals surface area contributed by atoms with E-state index in [-0.39, 0.29) is 12.1 Å². The van der Waals surface area contributed by atoms with Gasteiger partial charge in [0.05, 0.1) is 23.8 Å². The number of carbonyl (C=O) groups is 1. The first-order chi connectivity index (χ1) is 16.1. The second-order valence-corrected chi connectivity index (χ2v) is 8.56. The second kappa shape index (κ2) is 7.96. The van der Waals surface area contributed by atoms with Crippen LogP contribution < -0.4 is 10.6 Å².